The molecule has 1 aliphatic rings. The Labute approximate surface area is 149 Å². The maximum Gasteiger partial charge on any atom is 0.337 e. The van der Waals surface area contributed by atoms with Gasteiger partial charge in [-0.25, -0.2) is 4.79 Å². The van der Waals surface area contributed by atoms with Crippen molar-refractivity contribution in [1.82, 2.24) is 5.32 Å². The number of amides is 1. The van der Waals surface area contributed by atoms with Crippen LogP contribution in [0.15, 0.2) is 18.2 Å². The van der Waals surface area contributed by atoms with Crippen molar-refractivity contribution in [2.45, 2.75) is 33.1 Å². The Morgan fingerprint density at radius 3 is 2.79 bits per heavy atom. The largest absolute Gasteiger partial charge is 0.465 e. The molecule has 2 N–H and O–H groups in total. The monoisotopic (exact) mass is 354 g/mol. The summed E-state index contributed by atoms with van der Waals surface area (Å²) in [7, 11) is 1.35. The molecule has 0 aliphatic carbocycles. The second kappa shape index (κ2) is 9.64. The van der Waals surface area contributed by atoms with Gasteiger partial charge < -0.3 is 15.4 Å². The maximum atomic E-state index is 12.3. The van der Waals surface area contributed by atoms with Crippen LogP contribution in [0, 0.1) is 18.8 Å². The van der Waals surface area contributed by atoms with Crippen LogP contribution >= 0.6 is 12.4 Å². The van der Waals surface area contributed by atoms with E-state index < -0.39 is 5.97 Å². The lowest BCUT2D eigenvalue weighted by Crippen LogP contribution is -2.34. The van der Waals surface area contributed by atoms with Crippen LogP contribution in [-0.2, 0) is 9.53 Å². The molecule has 0 spiro atoms. The van der Waals surface area contributed by atoms with Gasteiger partial charge in [-0.05, 0) is 62.4 Å². The molecule has 0 bridgehead atoms. The van der Waals surface area contributed by atoms with Gasteiger partial charge in [0.2, 0.25) is 5.91 Å². The molecule has 1 aromatic carbocycles. The van der Waals surface area contributed by atoms with Crippen molar-refractivity contribution >= 4 is 30.0 Å². The van der Waals surface area contributed by atoms with E-state index >= 15 is 0 Å². The van der Waals surface area contributed by atoms with E-state index in [0.29, 0.717) is 29.5 Å². The Morgan fingerprint density at radius 2 is 2.17 bits per heavy atom. The fourth-order valence-electron chi connectivity index (χ4n) is 3.03. The quantitative estimate of drug-likeness (QED) is 0.797. The highest BCUT2D eigenvalue weighted by molar-refractivity contribution is 5.95. The van der Waals surface area contributed by atoms with Crippen LogP contribution in [-0.4, -0.2) is 32.1 Å². The van der Waals surface area contributed by atoms with Crippen molar-refractivity contribution in [2.75, 3.05) is 25.5 Å². The van der Waals surface area contributed by atoms with E-state index in [4.69, 9.17) is 4.74 Å². The summed E-state index contributed by atoms with van der Waals surface area (Å²) in [4.78, 5) is 23.9. The van der Waals surface area contributed by atoms with E-state index in [0.717, 1.165) is 18.7 Å². The average Bonchev–Trinajstić information content (AvgIpc) is 2.56. The van der Waals surface area contributed by atoms with Gasteiger partial charge in [-0.15, -0.1) is 12.4 Å². The van der Waals surface area contributed by atoms with Crippen LogP contribution < -0.4 is 10.6 Å². The maximum absolute atomic E-state index is 12.3. The molecule has 1 aliphatic heterocycles. The second-order valence-corrected chi connectivity index (χ2v) is 6.36. The van der Waals surface area contributed by atoms with Crippen molar-refractivity contribution < 1.29 is 14.3 Å². The van der Waals surface area contributed by atoms with Crippen LogP contribution in [0.25, 0.3) is 0 Å². The Balaban J connectivity index is 0.00000288. The minimum atomic E-state index is -0.401. The van der Waals surface area contributed by atoms with Gasteiger partial charge in [0.15, 0.2) is 0 Å². The van der Waals surface area contributed by atoms with E-state index in [2.05, 4.69) is 17.6 Å². The minimum Gasteiger partial charge on any atom is -0.465 e. The molecule has 24 heavy (non-hydrogen) atoms. The van der Waals surface area contributed by atoms with Gasteiger partial charge in [-0.3, -0.25) is 4.79 Å². The second-order valence-electron chi connectivity index (χ2n) is 6.36. The Kier molecular flexibility index (Phi) is 8.22. The highest BCUT2D eigenvalue weighted by Crippen LogP contribution is 2.24. The van der Waals surface area contributed by atoms with Gasteiger partial charge in [0.05, 0.1) is 12.7 Å². The number of carbonyl (C=O) groups is 2. The third-order valence-electron chi connectivity index (χ3n) is 4.58. The lowest BCUT2D eigenvalue weighted by atomic mass is 9.85. The van der Waals surface area contributed by atoms with Gasteiger partial charge in [-0.1, -0.05) is 13.0 Å². The van der Waals surface area contributed by atoms with Crippen LogP contribution in [0.2, 0.25) is 0 Å². The number of ether oxygens (including phenoxy) is 1. The number of anilines is 1. The summed E-state index contributed by atoms with van der Waals surface area (Å²) in [6.07, 6.45) is 2.85. The first-order valence-electron chi connectivity index (χ1n) is 8.20. The molecular weight excluding hydrogens is 328 g/mol. The summed E-state index contributed by atoms with van der Waals surface area (Å²) < 4.78 is 4.72. The summed E-state index contributed by atoms with van der Waals surface area (Å²) in [6.45, 7) is 6.11. The molecule has 1 fully saturated rings. The third-order valence-corrected chi connectivity index (χ3v) is 4.58. The SMILES string of the molecule is COC(=O)c1ccc(C)c(NC(=O)CC(C)C2CCCNC2)c1.Cl. The average molecular weight is 355 g/mol. The number of rotatable bonds is 5. The van der Waals surface area contributed by atoms with E-state index in [1.807, 2.05) is 13.0 Å². The van der Waals surface area contributed by atoms with E-state index in [-0.39, 0.29) is 18.3 Å². The van der Waals surface area contributed by atoms with Gasteiger partial charge in [0.1, 0.15) is 0 Å². The van der Waals surface area contributed by atoms with Gasteiger partial charge >= 0.3 is 5.97 Å². The molecule has 1 saturated heterocycles. The predicted octanol–water partition coefficient (Wildman–Crippen LogP) is 3.17. The third kappa shape index (κ3) is 5.49. The molecule has 2 rings (SSSR count). The smallest absolute Gasteiger partial charge is 0.337 e. The molecule has 2 unspecified atom stereocenters. The van der Waals surface area contributed by atoms with Gasteiger partial charge in [0, 0.05) is 12.1 Å². The number of nitrogens with one attached hydrogen (secondary N) is 2. The number of methoxy groups -OCH3 is 1. The number of piperidine rings is 1. The molecule has 134 valence electrons. The highest BCUT2D eigenvalue weighted by atomic mass is 35.5. The van der Waals surface area contributed by atoms with Crippen molar-refractivity contribution in [1.29, 1.82) is 0 Å². The lowest BCUT2D eigenvalue weighted by Gasteiger charge is -2.28. The van der Waals surface area contributed by atoms with Gasteiger partial charge in [0.25, 0.3) is 0 Å². The minimum absolute atomic E-state index is 0. The van der Waals surface area contributed by atoms with Crippen molar-refractivity contribution in [3.8, 4) is 0 Å². The molecule has 0 saturated carbocycles. The van der Waals surface area contributed by atoms with E-state index in [1.165, 1.54) is 20.0 Å². The van der Waals surface area contributed by atoms with Crippen molar-refractivity contribution in [2.24, 2.45) is 11.8 Å². The zero-order chi connectivity index (χ0) is 16.8. The predicted molar refractivity (Wildman–Crippen MR) is 97.8 cm³/mol. The summed E-state index contributed by atoms with van der Waals surface area (Å²) in [6, 6.07) is 5.19. The number of esters is 1. The molecule has 0 radical (unpaired) electrons. The molecule has 1 aromatic rings. The van der Waals surface area contributed by atoms with Crippen molar-refractivity contribution in [3.05, 3.63) is 29.3 Å². The number of aryl methyl sites for hydroxylation is 1. The molecule has 1 amide bonds. The fraction of sp³-hybridized carbons (Fsp3) is 0.556. The molecule has 2 atom stereocenters. The van der Waals surface area contributed by atoms with Crippen LogP contribution in [0.4, 0.5) is 5.69 Å². The van der Waals surface area contributed by atoms with Gasteiger partial charge in [-0.2, -0.15) is 0 Å². The van der Waals surface area contributed by atoms with E-state index in [9.17, 15) is 9.59 Å². The first-order valence-corrected chi connectivity index (χ1v) is 8.20. The van der Waals surface area contributed by atoms with Crippen LogP contribution in [0.1, 0.15) is 42.1 Å². The first kappa shape index (κ1) is 20.5. The number of hydrogen-bond acceptors (Lipinski definition) is 4. The standard InChI is InChI=1S/C18H26N2O3.ClH/c1-12-6-7-14(18(22)23-3)10-16(12)20-17(21)9-13(2)15-5-4-8-19-11-15;/h6-7,10,13,15,19H,4-5,8-9,11H2,1-3H3,(H,20,21);1H. The molecule has 6 heteroatoms. The summed E-state index contributed by atoms with van der Waals surface area (Å²) in [5.74, 6) is 0.485. The number of hydrogen-bond donors (Lipinski definition) is 2. The zero-order valence-corrected chi connectivity index (χ0v) is 15.4. The highest BCUT2D eigenvalue weighted by Gasteiger charge is 2.22. The molecule has 0 aromatic heterocycles. The Morgan fingerprint density at radius 1 is 1.42 bits per heavy atom. The zero-order valence-electron chi connectivity index (χ0n) is 14.6. The fourth-order valence-corrected chi connectivity index (χ4v) is 3.03. The lowest BCUT2D eigenvalue weighted by molar-refractivity contribution is -0.117. The normalized spacial score (nSPS) is 18.2. The molecular formula is C18H27ClN2O3. The first-order chi connectivity index (χ1) is 11.0. The van der Waals surface area contributed by atoms with Crippen LogP contribution in [0.3, 0.4) is 0 Å². The summed E-state index contributed by atoms with van der Waals surface area (Å²) in [5, 5.41) is 6.32. The van der Waals surface area contributed by atoms with Crippen molar-refractivity contribution in [3.63, 3.8) is 0 Å². The summed E-state index contributed by atoms with van der Waals surface area (Å²) >= 11 is 0. The molecule has 1 heterocycles. The Hall–Kier alpha value is -1.59. The number of benzene rings is 1. The summed E-state index contributed by atoms with van der Waals surface area (Å²) in [5.41, 5.74) is 2.04. The van der Waals surface area contributed by atoms with Crippen LogP contribution in [0.5, 0.6) is 0 Å². The number of halogens is 1. The van der Waals surface area contributed by atoms with E-state index in [1.54, 1.807) is 12.1 Å². The number of carbonyl (C=O) groups excluding carboxylic acids is 2. The topological polar surface area (TPSA) is 67.4 Å². The Bertz CT molecular complexity index is 571. The molecule has 5 nitrogen and oxygen atoms in total.